The van der Waals surface area contributed by atoms with Crippen molar-refractivity contribution >= 4 is 11.6 Å². The van der Waals surface area contributed by atoms with E-state index < -0.39 is 17.1 Å². The second-order valence-electron chi connectivity index (χ2n) is 4.02. The van der Waals surface area contributed by atoms with E-state index in [9.17, 15) is 13.2 Å². The smallest absolute Gasteiger partial charge is 0.416 e. The molecule has 0 fully saturated rings. The van der Waals surface area contributed by atoms with Gasteiger partial charge < -0.3 is 4.42 Å². The van der Waals surface area contributed by atoms with Crippen molar-refractivity contribution < 1.29 is 17.6 Å². The van der Waals surface area contributed by atoms with Crippen molar-refractivity contribution in [2.75, 3.05) is 0 Å². The first-order valence-corrected chi connectivity index (χ1v) is 5.92. The lowest BCUT2D eigenvalue weighted by atomic mass is 10.1. The number of hydrogen-bond acceptors (Lipinski definition) is 3. The summed E-state index contributed by atoms with van der Waals surface area (Å²) in [6.07, 6.45) is -4.06. The van der Waals surface area contributed by atoms with Crippen LogP contribution in [0.15, 0.2) is 28.7 Å². The van der Waals surface area contributed by atoms with E-state index in [4.69, 9.17) is 16.0 Å². The Morgan fingerprint density at radius 2 is 1.84 bits per heavy atom. The molecule has 19 heavy (non-hydrogen) atoms. The lowest BCUT2D eigenvalue weighted by Gasteiger charge is -2.06. The van der Waals surface area contributed by atoms with Gasteiger partial charge in [0.15, 0.2) is 0 Å². The third-order valence-corrected chi connectivity index (χ3v) is 2.65. The van der Waals surface area contributed by atoms with Crippen LogP contribution >= 0.6 is 11.6 Å². The van der Waals surface area contributed by atoms with Crippen molar-refractivity contribution in [3.05, 3.63) is 47.2 Å². The van der Waals surface area contributed by atoms with E-state index in [1.165, 1.54) is 12.1 Å². The minimum absolute atomic E-state index is 0.273. The fourth-order valence-corrected chi connectivity index (χ4v) is 1.57. The second-order valence-corrected chi connectivity index (χ2v) is 4.68. The normalized spacial score (nSPS) is 13.5. The van der Waals surface area contributed by atoms with Crippen molar-refractivity contribution in [2.45, 2.75) is 24.9 Å². The topological polar surface area (TPSA) is 38.9 Å². The van der Waals surface area contributed by atoms with Crippen molar-refractivity contribution in [3.63, 3.8) is 0 Å². The number of alkyl halides is 4. The molecule has 2 aromatic rings. The van der Waals surface area contributed by atoms with Crippen LogP contribution in [0.25, 0.3) is 0 Å². The monoisotopic (exact) mass is 290 g/mol. The third-order valence-electron chi connectivity index (χ3n) is 2.46. The number of nitrogens with zero attached hydrogens (tertiary/aromatic N) is 2. The summed E-state index contributed by atoms with van der Waals surface area (Å²) >= 11 is 5.77. The maximum absolute atomic E-state index is 12.4. The van der Waals surface area contributed by atoms with Gasteiger partial charge in [-0.1, -0.05) is 12.1 Å². The van der Waals surface area contributed by atoms with Crippen LogP contribution in [0.1, 0.15) is 35.2 Å². The van der Waals surface area contributed by atoms with Crippen LogP contribution in [0.3, 0.4) is 0 Å². The molecular formula is C12H10ClF3N2O. The van der Waals surface area contributed by atoms with Crippen LogP contribution in [-0.4, -0.2) is 10.2 Å². The Morgan fingerprint density at radius 1 is 1.21 bits per heavy atom. The van der Waals surface area contributed by atoms with E-state index >= 15 is 0 Å². The van der Waals surface area contributed by atoms with Gasteiger partial charge in [0.2, 0.25) is 11.8 Å². The second kappa shape index (κ2) is 5.21. The van der Waals surface area contributed by atoms with Gasteiger partial charge in [0.05, 0.1) is 12.0 Å². The first-order chi connectivity index (χ1) is 8.86. The molecule has 0 N–H and O–H groups in total. The van der Waals surface area contributed by atoms with E-state index in [1.54, 1.807) is 6.92 Å². The minimum Gasteiger partial charge on any atom is -0.423 e. The predicted molar refractivity (Wildman–Crippen MR) is 62.8 cm³/mol. The molecule has 1 heterocycles. The van der Waals surface area contributed by atoms with Gasteiger partial charge in [-0.25, -0.2) is 0 Å². The van der Waals surface area contributed by atoms with Gasteiger partial charge in [-0.15, -0.1) is 21.8 Å². The lowest BCUT2D eigenvalue weighted by Crippen LogP contribution is -2.04. The Morgan fingerprint density at radius 3 is 2.32 bits per heavy atom. The molecule has 3 nitrogen and oxygen atoms in total. The zero-order valence-corrected chi connectivity index (χ0v) is 10.7. The summed E-state index contributed by atoms with van der Waals surface area (Å²) in [4.78, 5) is 0. The fourth-order valence-electron chi connectivity index (χ4n) is 1.48. The number of benzene rings is 1. The number of rotatable bonds is 3. The highest BCUT2D eigenvalue weighted by Gasteiger charge is 2.29. The van der Waals surface area contributed by atoms with E-state index in [1.807, 2.05) is 0 Å². The first-order valence-electron chi connectivity index (χ1n) is 5.49. The fraction of sp³-hybridized carbons (Fsp3) is 0.333. The quantitative estimate of drug-likeness (QED) is 0.803. The Bertz CT molecular complexity index is 549. The molecule has 1 unspecified atom stereocenters. The largest absolute Gasteiger partial charge is 0.423 e. The van der Waals surface area contributed by atoms with Gasteiger partial charge in [0.25, 0.3) is 0 Å². The summed E-state index contributed by atoms with van der Waals surface area (Å²) < 4.78 is 42.4. The molecule has 0 saturated heterocycles. The maximum atomic E-state index is 12.4. The molecule has 1 atom stereocenters. The highest BCUT2D eigenvalue weighted by Crippen LogP contribution is 2.29. The van der Waals surface area contributed by atoms with Crippen LogP contribution in [-0.2, 0) is 12.6 Å². The average Bonchev–Trinajstić information content (AvgIpc) is 2.77. The van der Waals surface area contributed by atoms with Crippen LogP contribution in [0.2, 0.25) is 0 Å². The molecule has 0 aliphatic carbocycles. The van der Waals surface area contributed by atoms with Crippen LogP contribution in [0.5, 0.6) is 0 Å². The van der Waals surface area contributed by atoms with E-state index in [0.29, 0.717) is 17.3 Å². The molecular weight excluding hydrogens is 281 g/mol. The van der Waals surface area contributed by atoms with Gasteiger partial charge in [-0.3, -0.25) is 0 Å². The Hall–Kier alpha value is -1.56. The molecule has 0 radical (unpaired) electrons. The predicted octanol–water partition coefficient (Wildman–Crippen LogP) is 3.98. The third kappa shape index (κ3) is 3.47. The molecule has 2 rings (SSSR count). The highest BCUT2D eigenvalue weighted by atomic mass is 35.5. The summed E-state index contributed by atoms with van der Waals surface area (Å²) in [5.41, 5.74) is -0.0257. The van der Waals surface area contributed by atoms with Crippen LogP contribution in [0, 0.1) is 0 Å². The summed E-state index contributed by atoms with van der Waals surface area (Å²) in [7, 11) is 0. The van der Waals surface area contributed by atoms with E-state index in [2.05, 4.69) is 10.2 Å². The molecule has 102 valence electrons. The van der Waals surface area contributed by atoms with Crippen molar-refractivity contribution in [1.29, 1.82) is 0 Å². The van der Waals surface area contributed by atoms with Gasteiger partial charge in [-0.2, -0.15) is 13.2 Å². The molecule has 0 amide bonds. The number of hydrogen-bond donors (Lipinski definition) is 0. The molecule has 0 bridgehead atoms. The molecule has 0 aliphatic heterocycles. The Balaban J connectivity index is 2.11. The highest BCUT2D eigenvalue weighted by molar-refractivity contribution is 6.20. The van der Waals surface area contributed by atoms with Crippen LogP contribution in [0.4, 0.5) is 13.2 Å². The van der Waals surface area contributed by atoms with Crippen molar-refractivity contribution in [3.8, 4) is 0 Å². The number of halogens is 4. The van der Waals surface area contributed by atoms with Gasteiger partial charge in [0, 0.05) is 0 Å². The molecule has 7 heteroatoms. The van der Waals surface area contributed by atoms with Crippen molar-refractivity contribution in [1.82, 2.24) is 10.2 Å². The Labute approximate surface area is 112 Å². The average molecular weight is 291 g/mol. The maximum Gasteiger partial charge on any atom is 0.416 e. The lowest BCUT2D eigenvalue weighted by molar-refractivity contribution is -0.137. The minimum atomic E-state index is -4.33. The number of aromatic nitrogens is 2. The molecule has 0 saturated carbocycles. The molecule has 1 aromatic heterocycles. The summed E-state index contributed by atoms with van der Waals surface area (Å²) in [5, 5.41) is 7.13. The van der Waals surface area contributed by atoms with Crippen LogP contribution < -0.4 is 0 Å². The first kappa shape index (κ1) is 13.9. The molecule has 1 aromatic carbocycles. The van der Waals surface area contributed by atoms with E-state index in [0.717, 1.165) is 12.1 Å². The zero-order chi connectivity index (χ0) is 14.0. The summed E-state index contributed by atoms with van der Waals surface area (Å²) in [5.74, 6) is 0.617. The van der Waals surface area contributed by atoms with Gasteiger partial charge in [-0.05, 0) is 24.6 Å². The van der Waals surface area contributed by atoms with Gasteiger partial charge in [0.1, 0.15) is 5.38 Å². The van der Waals surface area contributed by atoms with Gasteiger partial charge >= 0.3 is 6.18 Å². The molecule has 0 spiro atoms. The SMILES string of the molecule is CC(Cl)c1nnc(Cc2ccc(C(F)(F)F)cc2)o1. The standard InChI is InChI=1S/C12H10ClF3N2O/c1-7(13)11-18-17-10(19-11)6-8-2-4-9(5-3-8)12(14,15)16/h2-5,7H,6H2,1H3. The summed E-state index contributed by atoms with van der Waals surface area (Å²) in [6.45, 7) is 1.69. The zero-order valence-electron chi connectivity index (χ0n) is 9.91. The Kier molecular flexibility index (Phi) is 3.80. The van der Waals surface area contributed by atoms with E-state index in [-0.39, 0.29) is 6.42 Å². The molecule has 0 aliphatic rings. The summed E-state index contributed by atoms with van der Waals surface area (Å²) in [6, 6.07) is 4.82. The van der Waals surface area contributed by atoms with Crippen molar-refractivity contribution in [2.24, 2.45) is 0 Å².